The van der Waals surface area contributed by atoms with E-state index in [4.69, 9.17) is 0 Å². The summed E-state index contributed by atoms with van der Waals surface area (Å²) in [4.78, 5) is 0. The van der Waals surface area contributed by atoms with Gasteiger partial charge in [0.05, 0.1) is 0 Å². The van der Waals surface area contributed by atoms with Crippen molar-refractivity contribution in [3.8, 4) is 0 Å². The van der Waals surface area contributed by atoms with Gasteiger partial charge in [0.2, 0.25) is 0 Å². The smallest absolute Gasteiger partial charge is 0.0198 e. The lowest BCUT2D eigenvalue weighted by Crippen LogP contribution is -2.58. The van der Waals surface area contributed by atoms with Crippen LogP contribution in [0.4, 0.5) is 0 Å². The molecule has 0 saturated carbocycles. The molecule has 2 N–H and O–H groups in total. The van der Waals surface area contributed by atoms with Gasteiger partial charge in [-0.2, -0.15) is 0 Å². The molecule has 0 amide bonds. The Balaban J connectivity index is 2.30. The summed E-state index contributed by atoms with van der Waals surface area (Å²) in [5, 5.41) is 7.16. The topological polar surface area (TPSA) is 24.1 Å². The molecule has 0 aromatic carbocycles. The van der Waals surface area contributed by atoms with E-state index in [-0.39, 0.29) is 0 Å². The minimum atomic E-state index is 0.613. The molecule has 12 heavy (non-hydrogen) atoms. The van der Waals surface area contributed by atoms with Crippen molar-refractivity contribution in [2.45, 2.75) is 52.2 Å². The second kappa shape index (κ2) is 4.24. The van der Waals surface area contributed by atoms with Gasteiger partial charge in [0.15, 0.2) is 0 Å². The molecule has 0 aromatic heterocycles. The van der Waals surface area contributed by atoms with Crippen LogP contribution in [0.2, 0.25) is 0 Å². The number of rotatable bonds is 2. The van der Waals surface area contributed by atoms with Crippen molar-refractivity contribution in [3.63, 3.8) is 0 Å². The third-order valence-corrected chi connectivity index (χ3v) is 2.69. The number of nitrogens with one attached hydrogen (secondary N) is 2. The number of hydrogen-bond donors (Lipinski definition) is 2. The second-order valence-corrected chi connectivity index (χ2v) is 4.48. The Morgan fingerprint density at radius 1 is 1.25 bits per heavy atom. The summed E-state index contributed by atoms with van der Waals surface area (Å²) in [6.07, 6.45) is 1.28. The van der Waals surface area contributed by atoms with Crippen LogP contribution in [0.5, 0.6) is 0 Å². The molecule has 0 spiro atoms. The summed E-state index contributed by atoms with van der Waals surface area (Å²) in [7, 11) is 0. The molecule has 1 rings (SSSR count). The average molecular weight is 170 g/mol. The van der Waals surface area contributed by atoms with E-state index >= 15 is 0 Å². The summed E-state index contributed by atoms with van der Waals surface area (Å²) in [5.74, 6) is 0.796. The van der Waals surface area contributed by atoms with Crippen LogP contribution in [-0.4, -0.2) is 24.7 Å². The summed E-state index contributed by atoms with van der Waals surface area (Å²) in [5.41, 5.74) is 0. The predicted octanol–water partition coefficient (Wildman–Crippen LogP) is 1.37. The maximum atomic E-state index is 3.63. The average Bonchev–Trinajstić information content (AvgIpc) is 1.96. The van der Waals surface area contributed by atoms with E-state index in [1.165, 1.54) is 6.42 Å². The Morgan fingerprint density at radius 3 is 2.42 bits per heavy atom. The van der Waals surface area contributed by atoms with E-state index in [9.17, 15) is 0 Å². The van der Waals surface area contributed by atoms with Gasteiger partial charge in [-0.15, -0.1) is 0 Å². The Bertz CT molecular complexity index is 134. The van der Waals surface area contributed by atoms with E-state index < -0.39 is 0 Å². The molecule has 72 valence electrons. The van der Waals surface area contributed by atoms with Gasteiger partial charge in [0, 0.05) is 24.7 Å². The lowest BCUT2D eigenvalue weighted by atomic mass is 9.98. The van der Waals surface area contributed by atoms with Gasteiger partial charge in [-0.3, -0.25) is 0 Å². The van der Waals surface area contributed by atoms with Crippen molar-refractivity contribution in [3.05, 3.63) is 0 Å². The zero-order valence-electron chi connectivity index (χ0n) is 8.72. The highest BCUT2D eigenvalue weighted by molar-refractivity contribution is 4.86. The molecule has 2 heteroatoms. The third-order valence-electron chi connectivity index (χ3n) is 2.69. The van der Waals surface area contributed by atoms with Gasteiger partial charge in [0.25, 0.3) is 0 Å². The fourth-order valence-corrected chi connectivity index (χ4v) is 1.80. The van der Waals surface area contributed by atoms with Crippen LogP contribution in [0.1, 0.15) is 34.1 Å². The lowest BCUT2D eigenvalue weighted by Gasteiger charge is -2.35. The van der Waals surface area contributed by atoms with Gasteiger partial charge in [0.1, 0.15) is 0 Å². The van der Waals surface area contributed by atoms with Crippen LogP contribution < -0.4 is 10.6 Å². The second-order valence-electron chi connectivity index (χ2n) is 4.48. The summed E-state index contributed by atoms with van der Waals surface area (Å²) < 4.78 is 0. The monoisotopic (exact) mass is 170 g/mol. The van der Waals surface area contributed by atoms with Crippen LogP contribution in [0.15, 0.2) is 0 Å². The molecule has 1 heterocycles. The zero-order chi connectivity index (χ0) is 9.14. The third kappa shape index (κ3) is 2.76. The molecule has 1 aliphatic heterocycles. The molecular formula is C10H22N2. The first kappa shape index (κ1) is 10.0. The van der Waals surface area contributed by atoms with Crippen molar-refractivity contribution in [2.75, 3.05) is 6.54 Å². The van der Waals surface area contributed by atoms with Gasteiger partial charge < -0.3 is 10.6 Å². The molecule has 3 unspecified atom stereocenters. The highest BCUT2D eigenvalue weighted by Crippen LogP contribution is 2.09. The fourth-order valence-electron chi connectivity index (χ4n) is 1.80. The van der Waals surface area contributed by atoms with Crippen LogP contribution in [0, 0.1) is 5.92 Å². The highest BCUT2D eigenvalue weighted by atomic mass is 15.1. The lowest BCUT2D eigenvalue weighted by molar-refractivity contribution is 0.267. The van der Waals surface area contributed by atoms with E-state index in [0.29, 0.717) is 18.1 Å². The van der Waals surface area contributed by atoms with Crippen molar-refractivity contribution in [1.82, 2.24) is 10.6 Å². The Morgan fingerprint density at radius 2 is 1.92 bits per heavy atom. The van der Waals surface area contributed by atoms with Gasteiger partial charge in [-0.05, 0) is 26.2 Å². The molecule has 0 radical (unpaired) electrons. The van der Waals surface area contributed by atoms with E-state index in [1.807, 2.05) is 0 Å². The van der Waals surface area contributed by atoms with Crippen molar-refractivity contribution < 1.29 is 0 Å². The van der Waals surface area contributed by atoms with Crippen LogP contribution in [0.3, 0.4) is 0 Å². The molecule has 0 aliphatic carbocycles. The standard InChI is InChI=1S/C10H22N2/c1-7(2)5-10-6-11-8(3)9(4)12-10/h7-12H,5-6H2,1-4H3. The first-order valence-corrected chi connectivity index (χ1v) is 5.09. The quantitative estimate of drug-likeness (QED) is 0.654. The van der Waals surface area contributed by atoms with Crippen LogP contribution in [0.25, 0.3) is 0 Å². The Labute approximate surface area is 76.1 Å². The summed E-state index contributed by atoms with van der Waals surface area (Å²) in [6, 6.07) is 1.91. The van der Waals surface area contributed by atoms with Crippen LogP contribution in [-0.2, 0) is 0 Å². The zero-order valence-corrected chi connectivity index (χ0v) is 8.72. The van der Waals surface area contributed by atoms with E-state index in [0.717, 1.165) is 12.5 Å². The van der Waals surface area contributed by atoms with E-state index in [1.54, 1.807) is 0 Å². The Hall–Kier alpha value is -0.0800. The Kier molecular flexibility index (Phi) is 3.53. The normalized spacial score (nSPS) is 37.2. The molecule has 2 nitrogen and oxygen atoms in total. The molecule has 1 saturated heterocycles. The number of piperazine rings is 1. The van der Waals surface area contributed by atoms with Crippen LogP contribution >= 0.6 is 0 Å². The molecule has 1 aliphatic rings. The first-order valence-electron chi connectivity index (χ1n) is 5.09. The highest BCUT2D eigenvalue weighted by Gasteiger charge is 2.22. The van der Waals surface area contributed by atoms with Crippen molar-refractivity contribution in [1.29, 1.82) is 0 Å². The minimum Gasteiger partial charge on any atom is -0.311 e. The minimum absolute atomic E-state index is 0.613. The SMILES string of the molecule is CC(C)CC1CNC(C)C(C)N1. The first-order chi connectivity index (χ1) is 5.59. The molecule has 0 aromatic rings. The molecular weight excluding hydrogens is 148 g/mol. The fraction of sp³-hybridized carbons (Fsp3) is 1.00. The van der Waals surface area contributed by atoms with Gasteiger partial charge >= 0.3 is 0 Å². The molecule has 0 bridgehead atoms. The predicted molar refractivity (Wildman–Crippen MR) is 53.3 cm³/mol. The van der Waals surface area contributed by atoms with Crippen molar-refractivity contribution >= 4 is 0 Å². The van der Waals surface area contributed by atoms with Gasteiger partial charge in [-0.25, -0.2) is 0 Å². The molecule has 1 fully saturated rings. The summed E-state index contributed by atoms with van der Waals surface area (Å²) >= 11 is 0. The summed E-state index contributed by atoms with van der Waals surface area (Å²) in [6.45, 7) is 10.2. The van der Waals surface area contributed by atoms with E-state index in [2.05, 4.69) is 38.3 Å². The van der Waals surface area contributed by atoms with Crippen molar-refractivity contribution in [2.24, 2.45) is 5.92 Å². The maximum Gasteiger partial charge on any atom is 0.0198 e. The largest absolute Gasteiger partial charge is 0.311 e. The van der Waals surface area contributed by atoms with Gasteiger partial charge in [-0.1, -0.05) is 13.8 Å². The molecule has 3 atom stereocenters. The number of hydrogen-bond acceptors (Lipinski definition) is 2. The maximum absolute atomic E-state index is 3.63.